The Morgan fingerprint density at radius 1 is 0.357 bits per heavy atom. The molecular weight excluding hydrogens is 1060 g/mol. The molecule has 2 atom stereocenters. The van der Waals surface area contributed by atoms with Crippen molar-refractivity contribution in [2.45, 2.75) is 399 Å². The van der Waals surface area contributed by atoms with Crippen LogP contribution in [0.25, 0.3) is 0 Å². The Morgan fingerprint density at radius 3 is 0.917 bits per heavy atom. The molecule has 0 fully saturated rings. The van der Waals surface area contributed by atoms with Crippen LogP contribution < -0.4 is 5.73 Å². The molecule has 0 saturated carbocycles. The summed E-state index contributed by atoms with van der Waals surface area (Å²) >= 11 is 0. The molecule has 2 unspecified atom stereocenters. The molecule has 0 radical (unpaired) electrons. The standard InChI is InChI=1S/C74H142NO8P/c1-3-5-7-9-11-13-15-17-19-21-23-25-27-28-29-30-31-32-33-34-35-36-37-38-39-40-41-42-43-44-45-47-49-51-53-55-57-59-61-63-65-67-74(77)83-72(71-82-84(78,79)81-69-68-75)70-80-73(76)66-64-62-60-58-56-54-52-50-48-46-26-24-22-20-18-16-14-12-10-8-6-4-2/h15,17,21,23,27-28,72H,3-14,16,18-20,22,24-26,29-71,75H2,1-2H3,(H,78,79)/b17-15-,23-21-,28-27-. The van der Waals surface area contributed by atoms with Crippen LogP contribution in [0.3, 0.4) is 0 Å². The van der Waals surface area contributed by atoms with Gasteiger partial charge in [-0.3, -0.25) is 18.6 Å². The van der Waals surface area contributed by atoms with Gasteiger partial charge < -0.3 is 20.1 Å². The third kappa shape index (κ3) is 69.3. The largest absolute Gasteiger partial charge is 0.472 e. The summed E-state index contributed by atoms with van der Waals surface area (Å²) in [7, 11) is -4.39. The molecule has 9 nitrogen and oxygen atoms in total. The summed E-state index contributed by atoms with van der Waals surface area (Å²) in [5.41, 5.74) is 5.40. The maximum atomic E-state index is 12.8. The molecule has 0 amide bonds. The molecule has 0 aromatic rings. The minimum absolute atomic E-state index is 0.0571. The van der Waals surface area contributed by atoms with Crippen LogP contribution in [0.15, 0.2) is 36.5 Å². The molecule has 0 aliphatic rings. The fraction of sp³-hybridized carbons (Fsp3) is 0.892. The predicted octanol–water partition coefficient (Wildman–Crippen LogP) is 24.3. The number of nitrogens with two attached hydrogens (primary N) is 1. The van der Waals surface area contributed by atoms with Gasteiger partial charge in [0.2, 0.25) is 0 Å². The van der Waals surface area contributed by atoms with Crippen LogP contribution in [0.4, 0.5) is 0 Å². The molecule has 3 N–H and O–H groups in total. The van der Waals surface area contributed by atoms with Gasteiger partial charge >= 0.3 is 19.8 Å². The summed E-state index contributed by atoms with van der Waals surface area (Å²) in [5, 5.41) is 0. The lowest BCUT2D eigenvalue weighted by atomic mass is 10.0. The van der Waals surface area contributed by atoms with Crippen LogP contribution in [0.5, 0.6) is 0 Å². The van der Waals surface area contributed by atoms with Crippen molar-refractivity contribution >= 4 is 19.8 Å². The lowest BCUT2D eigenvalue weighted by Crippen LogP contribution is -2.29. The summed E-state index contributed by atoms with van der Waals surface area (Å²) < 4.78 is 33.2. The second kappa shape index (κ2) is 70.3. The number of rotatable bonds is 71. The first-order valence-corrected chi connectivity index (χ1v) is 38.5. The van der Waals surface area contributed by atoms with Crippen LogP contribution in [-0.2, 0) is 32.7 Å². The average Bonchev–Trinajstić information content (AvgIpc) is 3.55. The zero-order chi connectivity index (χ0) is 60.9. The van der Waals surface area contributed by atoms with Gasteiger partial charge in [0, 0.05) is 19.4 Å². The van der Waals surface area contributed by atoms with E-state index in [4.69, 9.17) is 24.3 Å². The van der Waals surface area contributed by atoms with Gasteiger partial charge in [0.15, 0.2) is 6.10 Å². The van der Waals surface area contributed by atoms with E-state index in [1.807, 2.05) is 0 Å². The van der Waals surface area contributed by atoms with Crippen LogP contribution in [0.1, 0.15) is 393 Å². The first kappa shape index (κ1) is 82.2. The van der Waals surface area contributed by atoms with Crippen molar-refractivity contribution in [1.82, 2.24) is 0 Å². The fourth-order valence-corrected chi connectivity index (χ4v) is 12.1. The smallest absolute Gasteiger partial charge is 0.462 e. The number of hydrogen-bond acceptors (Lipinski definition) is 8. The summed E-state index contributed by atoms with van der Waals surface area (Å²) in [4.78, 5) is 35.4. The van der Waals surface area contributed by atoms with Gasteiger partial charge in [-0.2, -0.15) is 0 Å². The fourth-order valence-electron chi connectivity index (χ4n) is 11.3. The summed E-state index contributed by atoms with van der Waals surface area (Å²) in [6.07, 6.45) is 88.4. The van der Waals surface area contributed by atoms with Crippen molar-refractivity contribution < 1.29 is 37.6 Å². The zero-order valence-electron chi connectivity index (χ0n) is 55.9. The van der Waals surface area contributed by atoms with Crippen molar-refractivity contribution in [2.24, 2.45) is 5.73 Å². The summed E-state index contributed by atoms with van der Waals surface area (Å²) in [6, 6.07) is 0. The highest BCUT2D eigenvalue weighted by molar-refractivity contribution is 7.47. The van der Waals surface area contributed by atoms with Gasteiger partial charge in [0.1, 0.15) is 6.61 Å². The Morgan fingerprint density at radius 2 is 0.619 bits per heavy atom. The Balaban J connectivity index is 3.74. The number of phosphoric acid groups is 1. The van der Waals surface area contributed by atoms with Gasteiger partial charge in [0.05, 0.1) is 13.2 Å². The van der Waals surface area contributed by atoms with Crippen molar-refractivity contribution in [3.63, 3.8) is 0 Å². The Bertz CT molecular complexity index is 1470. The number of allylic oxidation sites excluding steroid dienone is 6. The normalized spacial score (nSPS) is 13.0. The lowest BCUT2D eigenvalue weighted by Gasteiger charge is -2.19. The van der Waals surface area contributed by atoms with Crippen molar-refractivity contribution in [1.29, 1.82) is 0 Å². The molecule has 0 saturated heterocycles. The van der Waals surface area contributed by atoms with Crippen molar-refractivity contribution in [3.8, 4) is 0 Å². The Labute approximate surface area is 522 Å². The molecule has 10 heteroatoms. The number of unbranched alkanes of at least 4 members (excludes halogenated alkanes) is 52. The highest BCUT2D eigenvalue weighted by atomic mass is 31.2. The zero-order valence-corrected chi connectivity index (χ0v) is 56.8. The van der Waals surface area contributed by atoms with E-state index in [-0.39, 0.29) is 38.6 Å². The van der Waals surface area contributed by atoms with Crippen LogP contribution in [0, 0.1) is 0 Å². The van der Waals surface area contributed by atoms with Gasteiger partial charge in [-0.05, 0) is 51.4 Å². The SMILES string of the molecule is CCCCCCC/C=C\C/C=C\C/C=C\CCCCCCCCCCCCCCCCCCCCCCCCCCCCC(=O)OC(COC(=O)CCCCCCCCCCCCCCCCCCCCCCCC)COP(=O)(O)OCCN. The highest BCUT2D eigenvalue weighted by Gasteiger charge is 2.26. The van der Waals surface area contributed by atoms with E-state index in [1.54, 1.807) is 0 Å². The van der Waals surface area contributed by atoms with Gasteiger partial charge in [-0.25, -0.2) is 4.57 Å². The van der Waals surface area contributed by atoms with E-state index in [2.05, 4.69) is 50.3 Å². The van der Waals surface area contributed by atoms with Gasteiger partial charge in [-0.15, -0.1) is 0 Å². The minimum atomic E-state index is -4.39. The van der Waals surface area contributed by atoms with E-state index in [0.29, 0.717) is 6.42 Å². The predicted molar refractivity (Wildman–Crippen MR) is 363 cm³/mol. The molecular formula is C74H142NO8P. The van der Waals surface area contributed by atoms with Gasteiger partial charge in [-0.1, -0.05) is 365 Å². The van der Waals surface area contributed by atoms with Crippen molar-refractivity contribution in [3.05, 3.63) is 36.5 Å². The molecule has 0 aromatic heterocycles. The number of ether oxygens (including phenoxy) is 2. The van der Waals surface area contributed by atoms with E-state index in [9.17, 15) is 19.0 Å². The third-order valence-corrected chi connectivity index (χ3v) is 17.8. The van der Waals surface area contributed by atoms with E-state index in [1.165, 1.54) is 315 Å². The van der Waals surface area contributed by atoms with Crippen LogP contribution in [0.2, 0.25) is 0 Å². The quantitative estimate of drug-likeness (QED) is 0.0264. The van der Waals surface area contributed by atoms with Crippen molar-refractivity contribution in [2.75, 3.05) is 26.4 Å². The number of phosphoric ester groups is 1. The minimum Gasteiger partial charge on any atom is -0.462 e. The lowest BCUT2D eigenvalue weighted by molar-refractivity contribution is -0.161. The summed E-state index contributed by atoms with van der Waals surface area (Å²) in [6.45, 7) is 3.81. The molecule has 0 heterocycles. The van der Waals surface area contributed by atoms with E-state index in [0.717, 1.165) is 44.9 Å². The molecule has 496 valence electrons. The van der Waals surface area contributed by atoms with E-state index < -0.39 is 26.5 Å². The topological polar surface area (TPSA) is 134 Å². The average molecular weight is 1200 g/mol. The molecule has 0 aromatic carbocycles. The molecule has 0 aliphatic carbocycles. The number of carbonyl (C=O) groups is 2. The Hall–Kier alpha value is -1.77. The van der Waals surface area contributed by atoms with Crippen LogP contribution in [-0.4, -0.2) is 49.3 Å². The first-order valence-electron chi connectivity index (χ1n) is 37.0. The number of hydrogen-bond donors (Lipinski definition) is 2. The maximum Gasteiger partial charge on any atom is 0.472 e. The van der Waals surface area contributed by atoms with Gasteiger partial charge in [0.25, 0.3) is 0 Å². The molecule has 0 rings (SSSR count). The molecule has 0 spiro atoms. The second-order valence-electron chi connectivity index (χ2n) is 25.2. The molecule has 84 heavy (non-hydrogen) atoms. The first-order chi connectivity index (χ1) is 41.3. The number of esters is 2. The van der Waals surface area contributed by atoms with Crippen LogP contribution >= 0.6 is 7.82 Å². The monoisotopic (exact) mass is 1200 g/mol. The molecule has 0 aliphatic heterocycles. The third-order valence-electron chi connectivity index (χ3n) is 16.8. The summed E-state index contributed by atoms with van der Waals surface area (Å²) in [5.74, 6) is -0.801. The highest BCUT2D eigenvalue weighted by Crippen LogP contribution is 2.43. The van der Waals surface area contributed by atoms with E-state index >= 15 is 0 Å². The maximum absolute atomic E-state index is 12.8. The molecule has 0 bridgehead atoms. The number of carbonyl (C=O) groups excluding carboxylic acids is 2. The Kier molecular flexibility index (Phi) is 68.8. The second-order valence-corrected chi connectivity index (χ2v) is 26.6.